The first kappa shape index (κ1) is 10.9. The molecule has 0 bridgehead atoms. The summed E-state index contributed by atoms with van der Waals surface area (Å²) in [6, 6.07) is 1.74. The zero-order valence-corrected chi connectivity index (χ0v) is 8.21. The minimum absolute atomic E-state index is 0.262. The number of amides is 1. The molecule has 15 heavy (non-hydrogen) atoms. The van der Waals surface area contributed by atoms with Crippen LogP contribution in [0.25, 0.3) is 0 Å². The Morgan fingerprint density at radius 3 is 3.00 bits per heavy atom. The van der Waals surface area contributed by atoms with E-state index in [4.69, 9.17) is 5.11 Å². The molecule has 0 aromatic carbocycles. The third-order valence-electron chi connectivity index (χ3n) is 1.47. The van der Waals surface area contributed by atoms with Gasteiger partial charge in [-0.25, -0.2) is 9.97 Å². The van der Waals surface area contributed by atoms with Crippen LogP contribution in [-0.2, 0) is 4.79 Å². The molecule has 0 saturated heterocycles. The maximum atomic E-state index is 11.2. The molecule has 5 nitrogen and oxygen atoms in total. The van der Waals surface area contributed by atoms with Crippen LogP contribution in [0.15, 0.2) is 36.8 Å². The van der Waals surface area contributed by atoms with Gasteiger partial charge < -0.3 is 5.11 Å². The topological polar surface area (TPSA) is 75.1 Å². The summed E-state index contributed by atoms with van der Waals surface area (Å²) in [7, 11) is 0. The second-order valence-electron chi connectivity index (χ2n) is 2.71. The lowest BCUT2D eigenvalue weighted by Crippen LogP contribution is -2.10. The third kappa shape index (κ3) is 4.04. The fraction of sp³-hybridized carbons (Fsp3) is 0.100. The van der Waals surface area contributed by atoms with Crippen molar-refractivity contribution in [1.82, 2.24) is 9.97 Å². The molecule has 1 aromatic rings. The van der Waals surface area contributed by atoms with E-state index in [1.807, 2.05) is 6.92 Å². The molecule has 2 N–H and O–H groups in total. The van der Waals surface area contributed by atoms with Crippen molar-refractivity contribution in [2.75, 3.05) is 5.32 Å². The zero-order chi connectivity index (χ0) is 11.1. The summed E-state index contributed by atoms with van der Waals surface area (Å²) in [5, 5.41) is 10.8. The van der Waals surface area contributed by atoms with Gasteiger partial charge in [0, 0.05) is 18.0 Å². The van der Waals surface area contributed by atoms with Crippen LogP contribution in [0.2, 0.25) is 0 Å². The number of aryl methyl sites for hydroxylation is 1. The molecule has 0 unspecified atom stereocenters. The Morgan fingerprint density at radius 1 is 1.53 bits per heavy atom. The number of rotatable bonds is 3. The zero-order valence-electron chi connectivity index (χ0n) is 8.21. The first-order valence-electron chi connectivity index (χ1n) is 4.30. The Labute approximate surface area is 87.2 Å². The molecular weight excluding hydrogens is 194 g/mol. The number of carbonyl (C=O) groups excluding carboxylic acids is 1. The van der Waals surface area contributed by atoms with E-state index in [1.165, 1.54) is 18.2 Å². The molecule has 0 radical (unpaired) electrons. The average molecular weight is 205 g/mol. The molecule has 5 heteroatoms. The molecule has 0 saturated carbocycles. The maximum absolute atomic E-state index is 11.2. The van der Waals surface area contributed by atoms with Crippen LogP contribution < -0.4 is 5.32 Å². The van der Waals surface area contributed by atoms with Gasteiger partial charge in [0.05, 0.1) is 6.26 Å². The standard InChI is InChI=1S/C10H11N3O2/c1-8-5-6-11-10(12-8)13-9(15)4-2-3-7-14/h2-7,14H,1H3,(H,11,12,13,15)/b4-2+,7-3-. The monoisotopic (exact) mass is 205 g/mol. The molecule has 0 aliphatic rings. The van der Waals surface area contributed by atoms with E-state index in [1.54, 1.807) is 12.3 Å². The van der Waals surface area contributed by atoms with Gasteiger partial charge in [-0.05, 0) is 19.1 Å². The Kier molecular flexibility index (Phi) is 4.03. The van der Waals surface area contributed by atoms with E-state index in [0.717, 1.165) is 12.0 Å². The number of aliphatic hydroxyl groups is 1. The van der Waals surface area contributed by atoms with Crippen molar-refractivity contribution in [3.8, 4) is 0 Å². The first-order chi connectivity index (χ1) is 7.22. The number of aromatic nitrogens is 2. The minimum atomic E-state index is -0.348. The van der Waals surface area contributed by atoms with Crippen LogP contribution in [0.1, 0.15) is 5.69 Å². The highest BCUT2D eigenvalue weighted by molar-refractivity contribution is 5.98. The average Bonchev–Trinajstić information content (AvgIpc) is 2.18. The van der Waals surface area contributed by atoms with Crippen molar-refractivity contribution < 1.29 is 9.90 Å². The van der Waals surface area contributed by atoms with Crippen LogP contribution in [0, 0.1) is 6.92 Å². The minimum Gasteiger partial charge on any atom is -0.516 e. The van der Waals surface area contributed by atoms with Gasteiger partial charge in [0.25, 0.3) is 5.91 Å². The molecule has 0 atom stereocenters. The van der Waals surface area contributed by atoms with Crippen LogP contribution in [0.3, 0.4) is 0 Å². The van der Waals surface area contributed by atoms with E-state index in [2.05, 4.69) is 15.3 Å². The molecule has 1 amide bonds. The highest BCUT2D eigenvalue weighted by atomic mass is 16.2. The predicted molar refractivity (Wildman–Crippen MR) is 56.3 cm³/mol. The van der Waals surface area contributed by atoms with Crippen LogP contribution in [-0.4, -0.2) is 21.0 Å². The molecule has 0 fully saturated rings. The fourth-order valence-corrected chi connectivity index (χ4v) is 0.854. The summed E-state index contributed by atoms with van der Waals surface area (Å²) in [5.41, 5.74) is 0.777. The van der Waals surface area contributed by atoms with E-state index in [-0.39, 0.29) is 11.9 Å². The van der Waals surface area contributed by atoms with Gasteiger partial charge in [0.2, 0.25) is 5.95 Å². The Morgan fingerprint density at radius 2 is 2.33 bits per heavy atom. The summed E-state index contributed by atoms with van der Waals surface area (Å²) in [6.45, 7) is 1.81. The van der Waals surface area contributed by atoms with Crippen LogP contribution in [0.5, 0.6) is 0 Å². The lowest BCUT2D eigenvalue weighted by atomic mass is 10.4. The Bertz CT molecular complexity index is 399. The quantitative estimate of drug-likeness (QED) is 0.443. The summed E-state index contributed by atoms with van der Waals surface area (Å²) >= 11 is 0. The molecule has 78 valence electrons. The summed E-state index contributed by atoms with van der Waals surface area (Å²) in [6.07, 6.45) is 6.41. The number of nitrogens with zero attached hydrogens (tertiary/aromatic N) is 2. The van der Waals surface area contributed by atoms with E-state index < -0.39 is 0 Å². The van der Waals surface area contributed by atoms with Crippen molar-refractivity contribution >= 4 is 11.9 Å². The highest BCUT2D eigenvalue weighted by Crippen LogP contribution is 1.98. The van der Waals surface area contributed by atoms with Crippen LogP contribution >= 0.6 is 0 Å². The normalized spacial score (nSPS) is 11.0. The first-order valence-corrected chi connectivity index (χ1v) is 4.30. The van der Waals surface area contributed by atoms with E-state index in [9.17, 15) is 4.79 Å². The lowest BCUT2D eigenvalue weighted by molar-refractivity contribution is -0.111. The number of allylic oxidation sites excluding steroid dienone is 2. The van der Waals surface area contributed by atoms with Gasteiger partial charge in [-0.1, -0.05) is 6.08 Å². The molecular formula is C10H11N3O2. The third-order valence-corrected chi connectivity index (χ3v) is 1.47. The number of hydrogen-bond acceptors (Lipinski definition) is 4. The van der Waals surface area contributed by atoms with Crippen molar-refractivity contribution in [3.05, 3.63) is 42.4 Å². The van der Waals surface area contributed by atoms with E-state index >= 15 is 0 Å². The number of hydrogen-bond donors (Lipinski definition) is 2. The molecule has 1 aromatic heterocycles. The molecule has 0 spiro atoms. The highest BCUT2D eigenvalue weighted by Gasteiger charge is 1.99. The second-order valence-corrected chi connectivity index (χ2v) is 2.71. The maximum Gasteiger partial charge on any atom is 0.250 e. The van der Waals surface area contributed by atoms with E-state index in [0.29, 0.717) is 0 Å². The van der Waals surface area contributed by atoms with Gasteiger partial charge in [-0.15, -0.1) is 0 Å². The van der Waals surface area contributed by atoms with Gasteiger partial charge in [0.1, 0.15) is 0 Å². The molecule has 0 aliphatic carbocycles. The Balaban J connectivity index is 2.59. The number of anilines is 1. The smallest absolute Gasteiger partial charge is 0.250 e. The summed E-state index contributed by atoms with van der Waals surface area (Å²) < 4.78 is 0. The summed E-state index contributed by atoms with van der Waals surface area (Å²) in [5.74, 6) is -0.0867. The fourth-order valence-electron chi connectivity index (χ4n) is 0.854. The van der Waals surface area contributed by atoms with Gasteiger partial charge in [0.15, 0.2) is 0 Å². The second kappa shape index (κ2) is 5.54. The number of nitrogens with one attached hydrogen (secondary N) is 1. The van der Waals surface area contributed by atoms with Crippen molar-refractivity contribution in [1.29, 1.82) is 0 Å². The lowest BCUT2D eigenvalue weighted by Gasteiger charge is -1.99. The van der Waals surface area contributed by atoms with Gasteiger partial charge >= 0.3 is 0 Å². The van der Waals surface area contributed by atoms with Gasteiger partial charge in [-0.3, -0.25) is 10.1 Å². The molecule has 1 heterocycles. The molecule has 0 aliphatic heterocycles. The summed E-state index contributed by atoms with van der Waals surface area (Å²) in [4.78, 5) is 19.1. The SMILES string of the molecule is Cc1ccnc(NC(=O)/C=C/C=C\O)n1. The molecule has 1 rings (SSSR count). The van der Waals surface area contributed by atoms with Gasteiger partial charge in [-0.2, -0.15) is 0 Å². The number of aliphatic hydroxyl groups excluding tert-OH is 1. The van der Waals surface area contributed by atoms with Crippen molar-refractivity contribution in [3.63, 3.8) is 0 Å². The van der Waals surface area contributed by atoms with Crippen LogP contribution in [0.4, 0.5) is 5.95 Å². The largest absolute Gasteiger partial charge is 0.516 e. The Hall–Kier alpha value is -2.17. The number of carbonyl (C=O) groups is 1. The van der Waals surface area contributed by atoms with Crippen molar-refractivity contribution in [2.24, 2.45) is 0 Å². The predicted octanol–water partition coefficient (Wildman–Crippen LogP) is 1.35. The van der Waals surface area contributed by atoms with Crippen molar-refractivity contribution in [2.45, 2.75) is 6.92 Å².